The van der Waals surface area contributed by atoms with Gasteiger partial charge in [0, 0.05) is 5.41 Å². The predicted octanol–water partition coefficient (Wildman–Crippen LogP) is 1.62. The summed E-state index contributed by atoms with van der Waals surface area (Å²) in [6, 6.07) is 0. The average molecular weight is 214 g/mol. The molecule has 8 unspecified atom stereocenters. The van der Waals surface area contributed by atoms with Crippen LogP contribution in [-0.2, 0) is 9.53 Å². The molecule has 0 amide bonds. The van der Waals surface area contributed by atoms with Crippen LogP contribution >= 0.6 is 0 Å². The van der Waals surface area contributed by atoms with Gasteiger partial charge in [-0.05, 0) is 47.8 Å². The fourth-order valence-electron chi connectivity index (χ4n) is 8.05. The maximum absolute atomic E-state index is 12.2. The Kier molecular flexibility index (Phi) is 0.721. The number of methoxy groups -OCH3 is 1. The molecule has 8 atom stereocenters. The Balaban J connectivity index is 1.66. The number of carbonyl (C=O) groups excluding carboxylic acids is 1. The van der Waals surface area contributed by atoms with Gasteiger partial charge in [0.25, 0.3) is 0 Å². The van der Waals surface area contributed by atoms with E-state index in [-0.39, 0.29) is 11.4 Å². The maximum Gasteiger partial charge on any atom is 0.313 e. The highest BCUT2D eigenvalue weighted by molar-refractivity contribution is 5.92. The molecule has 2 heteroatoms. The van der Waals surface area contributed by atoms with E-state index in [9.17, 15) is 4.79 Å². The third-order valence-electron chi connectivity index (χ3n) is 7.62. The molecular weight excluding hydrogens is 200 g/mol. The van der Waals surface area contributed by atoms with Crippen LogP contribution in [0, 0.1) is 45.8 Å². The van der Waals surface area contributed by atoms with Gasteiger partial charge in [0.15, 0.2) is 0 Å². The van der Waals surface area contributed by atoms with Crippen LogP contribution in [0.4, 0.5) is 0 Å². The third kappa shape index (κ3) is 0.306. The van der Waals surface area contributed by atoms with Crippen molar-refractivity contribution in [2.75, 3.05) is 7.11 Å². The van der Waals surface area contributed by atoms with E-state index >= 15 is 0 Å². The van der Waals surface area contributed by atoms with Gasteiger partial charge in [0.2, 0.25) is 0 Å². The van der Waals surface area contributed by atoms with Gasteiger partial charge in [0.05, 0.1) is 12.5 Å². The fraction of sp³-hybridized carbons (Fsp3) is 0.786. The lowest BCUT2D eigenvalue weighted by Crippen LogP contribution is -2.46. The molecule has 0 radical (unpaired) electrons. The van der Waals surface area contributed by atoms with Crippen LogP contribution in [-0.4, -0.2) is 13.1 Å². The number of ether oxygens (including phenoxy) is 1. The monoisotopic (exact) mass is 214 g/mol. The van der Waals surface area contributed by atoms with E-state index in [0.29, 0.717) is 16.7 Å². The topological polar surface area (TPSA) is 26.3 Å². The van der Waals surface area contributed by atoms with E-state index in [0.717, 1.165) is 23.7 Å². The summed E-state index contributed by atoms with van der Waals surface area (Å²) in [5, 5.41) is 0. The molecule has 16 heavy (non-hydrogen) atoms. The summed E-state index contributed by atoms with van der Waals surface area (Å²) in [6.07, 6.45) is 7.58. The lowest BCUT2D eigenvalue weighted by Gasteiger charge is -2.42. The molecule has 0 heterocycles. The summed E-state index contributed by atoms with van der Waals surface area (Å²) in [4.78, 5) is 12.2. The molecule has 0 N–H and O–H groups in total. The Morgan fingerprint density at radius 2 is 2.12 bits per heavy atom. The third-order valence-corrected chi connectivity index (χ3v) is 7.62. The minimum atomic E-state index is 0.0244. The highest BCUT2D eigenvalue weighted by Gasteiger charge is 3.16. The van der Waals surface area contributed by atoms with Crippen LogP contribution in [0.25, 0.3) is 0 Å². The van der Waals surface area contributed by atoms with Crippen molar-refractivity contribution in [3.8, 4) is 0 Å². The van der Waals surface area contributed by atoms with E-state index in [1.54, 1.807) is 7.11 Å². The Morgan fingerprint density at radius 1 is 1.31 bits per heavy atom. The van der Waals surface area contributed by atoms with Crippen LogP contribution in [0.1, 0.15) is 12.8 Å². The van der Waals surface area contributed by atoms with Crippen LogP contribution in [0.5, 0.6) is 0 Å². The second-order valence-electron chi connectivity index (χ2n) is 6.87. The first-order chi connectivity index (χ1) is 7.78. The van der Waals surface area contributed by atoms with Crippen molar-refractivity contribution >= 4 is 5.97 Å². The Hall–Kier alpha value is -0.790. The van der Waals surface area contributed by atoms with E-state index < -0.39 is 0 Å². The van der Waals surface area contributed by atoms with Crippen LogP contribution in [0.15, 0.2) is 12.2 Å². The van der Waals surface area contributed by atoms with Crippen LogP contribution in [0.2, 0.25) is 0 Å². The second-order valence-corrected chi connectivity index (χ2v) is 6.87. The van der Waals surface area contributed by atoms with Gasteiger partial charge in [0.1, 0.15) is 0 Å². The van der Waals surface area contributed by atoms with Gasteiger partial charge < -0.3 is 4.74 Å². The van der Waals surface area contributed by atoms with Crippen molar-refractivity contribution in [3.05, 3.63) is 12.2 Å². The fourth-order valence-corrected chi connectivity index (χ4v) is 8.05. The maximum atomic E-state index is 12.2. The minimum Gasteiger partial charge on any atom is -0.469 e. The largest absolute Gasteiger partial charge is 0.469 e. The standard InChI is InChI=1S/C14H14O2/c1-16-11(15)13-9-5-8-10(13)12(8)6-2-3-7(4-6)14(9,12)13/h2-3,6-10H,4-5H2,1H3. The van der Waals surface area contributed by atoms with E-state index in [2.05, 4.69) is 12.2 Å². The Bertz CT molecular complexity index is 519. The summed E-state index contributed by atoms with van der Waals surface area (Å²) in [6.45, 7) is 0. The summed E-state index contributed by atoms with van der Waals surface area (Å²) in [5.41, 5.74) is 1.06. The molecule has 0 aliphatic heterocycles. The Labute approximate surface area is 94.0 Å². The lowest BCUT2D eigenvalue weighted by atomic mass is 9.60. The number of fused-ring (bicyclic) bond motifs is 2. The number of carbonyl (C=O) groups is 1. The van der Waals surface area contributed by atoms with Gasteiger partial charge >= 0.3 is 5.97 Å². The van der Waals surface area contributed by atoms with Gasteiger partial charge in [-0.25, -0.2) is 0 Å². The molecular formula is C14H14O2. The lowest BCUT2D eigenvalue weighted by molar-refractivity contribution is -0.157. The highest BCUT2D eigenvalue weighted by Crippen LogP contribution is 3.16. The van der Waals surface area contributed by atoms with Crippen molar-refractivity contribution in [2.24, 2.45) is 45.8 Å². The van der Waals surface area contributed by atoms with Crippen molar-refractivity contribution < 1.29 is 9.53 Å². The van der Waals surface area contributed by atoms with Gasteiger partial charge in [-0.15, -0.1) is 0 Å². The normalized spacial score (nSPS) is 76.7. The van der Waals surface area contributed by atoms with Gasteiger partial charge in [-0.3, -0.25) is 4.79 Å². The number of hydrogen-bond acceptors (Lipinski definition) is 2. The first kappa shape index (κ1) is 7.52. The SMILES string of the molecule is COC(=O)C12C3C4CC1C21C2C=CC(C2)C431. The van der Waals surface area contributed by atoms with Gasteiger partial charge in [-0.2, -0.15) is 0 Å². The first-order valence-electron chi connectivity index (χ1n) is 6.55. The number of esters is 1. The van der Waals surface area contributed by atoms with E-state index in [1.807, 2.05) is 0 Å². The van der Waals surface area contributed by atoms with Crippen molar-refractivity contribution in [3.63, 3.8) is 0 Å². The van der Waals surface area contributed by atoms with Crippen molar-refractivity contribution in [2.45, 2.75) is 12.8 Å². The first-order valence-corrected chi connectivity index (χ1v) is 6.55. The van der Waals surface area contributed by atoms with Crippen molar-refractivity contribution in [1.82, 2.24) is 0 Å². The molecule has 0 saturated heterocycles. The number of hydrogen-bond donors (Lipinski definition) is 0. The van der Waals surface area contributed by atoms with Crippen LogP contribution < -0.4 is 0 Å². The second kappa shape index (κ2) is 1.53. The summed E-state index contributed by atoms with van der Waals surface area (Å²) in [5.74, 6) is 4.04. The zero-order chi connectivity index (χ0) is 10.5. The summed E-state index contributed by atoms with van der Waals surface area (Å²) in [7, 11) is 1.58. The number of rotatable bonds is 1. The molecule has 6 fully saturated rings. The molecule has 82 valence electrons. The predicted molar refractivity (Wildman–Crippen MR) is 55.1 cm³/mol. The van der Waals surface area contributed by atoms with E-state index in [4.69, 9.17) is 4.74 Å². The molecule has 7 aliphatic carbocycles. The zero-order valence-corrected chi connectivity index (χ0v) is 9.27. The van der Waals surface area contributed by atoms with Crippen LogP contribution in [0.3, 0.4) is 0 Å². The van der Waals surface area contributed by atoms with Gasteiger partial charge in [-0.1, -0.05) is 12.2 Å². The molecule has 0 aromatic rings. The average Bonchev–Trinajstić information content (AvgIpc) is 2.82. The quantitative estimate of drug-likeness (QED) is 0.489. The molecule has 6 saturated carbocycles. The molecule has 7 aliphatic rings. The van der Waals surface area contributed by atoms with E-state index in [1.165, 1.54) is 12.8 Å². The molecule has 0 aromatic carbocycles. The summed E-state index contributed by atoms with van der Waals surface area (Å²) < 4.78 is 5.14. The highest BCUT2D eigenvalue weighted by atomic mass is 16.5. The summed E-state index contributed by atoms with van der Waals surface area (Å²) >= 11 is 0. The minimum absolute atomic E-state index is 0.0244. The molecule has 4 bridgehead atoms. The van der Waals surface area contributed by atoms with Crippen molar-refractivity contribution in [1.29, 1.82) is 0 Å². The molecule has 2 spiro atoms. The zero-order valence-electron chi connectivity index (χ0n) is 9.27. The Morgan fingerprint density at radius 3 is 2.94 bits per heavy atom. The smallest absolute Gasteiger partial charge is 0.313 e. The number of allylic oxidation sites excluding steroid dienone is 2. The molecule has 0 aromatic heterocycles. The molecule has 2 nitrogen and oxygen atoms in total. The molecule has 7 rings (SSSR count).